The first-order valence-electron chi connectivity index (χ1n) is 4.34. The van der Waals surface area contributed by atoms with Crippen LogP contribution in [0.1, 0.15) is 0 Å². The Kier molecular flexibility index (Phi) is 2.34. The quantitative estimate of drug-likeness (QED) is 0.804. The molecule has 0 atom stereocenters. The van der Waals surface area contributed by atoms with E-state index in [1.807, 2.05) is 0 Å². The second-order valence-electron chi connectivity index (χ2n) is 3.12. The number of sulfonamides is 1. The molecule has 78 valence electrons. The van der Waals surface area contributed by atoms with Crippen LogP contribution in [-0.4, -0.2) is 13.4 Å². The summed E-state index contributed by atoms with van der Waals surface area (Å²) in [5, 5.41) is 5.12. The minimum atomic E-state index is -3.68. The summed E-state index contributed by atoms with van der Waals surface area (Å²) in [6.07, 6.45) is 1.73. The normalized spacial score (nSPS) is 11.5. The largest absolute Gasteiger partial charge is 0.361 e. The van der Waals surface area contributed by atoms with Crippen molar-refractivity contribution >= 4 is 10.0 Å². The van der Waals surface area contributed by atoms with Crippen molar-refractivity contribution in [2.75, 3.05) is 0 Å². The maximum Gasteiger partial charge on any atom is 0.238 e. The highest BCUT2D eigenvalue weighted by Crippen LogP contribution is 2.24. The average Bonchev–Trinajstić information content (AvgIpc) is 2.69. The second kappa shape index (κ2) is 3.52. The van der Waals surface area contributed by atoms with Crippen LogP contribution in [0.2, 0.25) is 0 Å². The van der Waals surface area contributed by atoms with Gasteiger partial charge in [0, 0.05) is 17.5 Å². The summed E-state index contributed by atoms with van der Waals surface area (Å²) in [5.74, 6) is 0. The van der Waals surface area contributed by atoms with E-state index >= 15 is 0 Å². The van der Waals surface area contributed by atoms with Crippen molar-refractivity contribution in [3.63, 3.8) is 0 Å². The zero-order valence-electron chi connectivity index (χ0n) is 7.84. The molecule has 0 saturated carbocycles. The molecule has 0 fully saturated rings. The van der Waals surface area contributed by atoms with Gasteiger partial charge in [0.25, 0.3) is 0 Å². The lowest BCUT2D eigenvalue weighted by Gasteiger charge is -2.04. The predicted molar refractivity (Wildman–Crippen MR) is 57.6 cm³/mol. The molecule has 0 radical (unpaired) electrons. The Balaban J connectivity index is 2.68. The Bertz CT molecular complexity index is 559. The van der Waals surface area contributed by atoms with Crippen LogP contribution >= 0.6 is 0 Å². The molecular formula is C10H10N2O2S. The molecule has 0 aliphatic heterocycles. The van der Waals surface area contributed by atoms with Crippen molar-refractivity contribution < 1.29 is 8.42 Å². The summed E-state index contributed by atoms with van der Waals surface area (Å²) in [5.41, 5.74) is 1.32. The molecule has 15 heavy (non-hydrogen) atoms. The molecule has 4 nitrogen and oxygen atoms in total. The molecule has 3 N–H and O–H groups in total. The molecule has 2 rings (SSSR count). The Morgan fingerprint density at radius 1 is 1.07 bits per heavy atom. The summed E-state index contributed by atoms with van der Waals surface area (Å²) in [6, 6.07) is 10.2. The highest BCUT2D eigenvalue weighted by molar-refractivity contribution is 7.89. The third-order valence-corrected chi connectivity index (χ3v) is 3.05. The van der Waals surface area contributed by atoms with Crippen LogP contribution in [0.3, 0.4) is 0 Å². The van der Waals surface area contributed by atoms with E-state index in [1.165, 1.54) is 6.07 Å². The summed E-state index contributed by atoms with van der Waals surface area (Å²) < 4.78 is 22.6. The molecule has 1 heterocycles. The third-order valence-electron chi connectivity index (χ3n) is 2.08. The lowest BCUT2D eigenvalue weighted by molar-refractivity contribution is 0.598. The van der Waals surface area contributed by atoms with E-state index in [-0.39, 0.29) is 4.90 Å². The maximum absolute atomic E-state index is 11.3. The van der Waals surface area contributed by atoms with Gasteiger partial charge in [-0.2, -0.15) is 0 Å². The molecular weight excluding hydrogens is 212 g/mol. The molecule has 0 amide bonds. The number of H-pyrrole nitrogens is 1. The van der Waals surface area contributed by atoms with Crippen molar-refractivity contribution in [2.45, 2.75) is 4.90 Å². The highest BCUT2D eigenvalue weighted by atomic mass is 32.2. The van der Waals surface area contributed by atoms with Crippen molar-refractivity contribution in [1.29, 1.82) is 0 Å². The number of nitrogens with two attached hydrogens (primary N) is 1. The standard InChI is InChI=1S/C10H10N2O2S/c11-15(13,14)10-6-2-1-4-8(10)9-5-3-7-12-9/h1-7,12H,(H2,11,13,14). The zero-order valence-corrected chi connectivity index (χ0v) is 8.66. The number of aromatic amines is 1. The second-order valence-corrected chi connectivity index (χ2v) is 4.65. The van der Waals surface area contributed by atoms with Gasteiger partial charge in [-0.25, -0.2) is 13.6 Å². The Labute approximate surface area is 87.8 Å². The van der Waals surface area contributed by atoms with Gasteiger partial charge in [0.05, 0.1) is 4.90 Å². The first-order valence-corrected chi connectivity index (χ1v) is 5.89. The fourth-order valence-electron chi connectivity index (χ4n) is 1.44. The van der Waals surface area contributed by atoms with Gasteiger partial charge < -0.3 is 4.98 Å². The molecule has 2 aromatic rings. The summed E-state index contributed by atoms with van der Waals surface area (Å²) in [6.45, 7) is 0. The first kappa shape index (κ1) is 9.95. The highest BCUT2D eigenvalue weighted by Gasteiger charge is 2.14. The molecule has 0 unspecified atom stereocenters. The molecule has 1 aromatic heterocycles. The SMILES string of the molecule is NS(=O)(=O)c1ccccc1-c1ccc[nH]1. The monoisotopic (exact) mass is 222 g/mol. The van der Waals surface area contributed by atoms with Gasteiger partial charge in [-0.15, -0.1) is 0 Å². The van der Waals surface area contributed by atoms with Gasteiger partial charge in [0.1, 0.15) is 0 Å². The molecule has 5 heteroatoms. The van der Waals surface area contributed by atoms with Gasteiger partial charge in [-0.3, -0.25) is 0 Å². The van der Waals surface area contributed by atoms with Crippen LogP contribution in [0.4, 0.5) is 0 Å². The lowest BCUT2D eigenvalue weighted by atomic mass is 10.1. The lowest BCUT2D eigenvalue weighted by Crippen LogP contribution is -2.13. The van der Waals surface area contributed by atoms with Crippen LogP contribution in [0.15, 0.2) is 47.5 Å². The topological polar surface area (TPSA) is 76.0 Å². The van der Waals surface area contributed by atoms with Crippen molar-refractivity contribution in [1.82, 2.24) is 4.98 Å². The molecule has 0 aliphatic rings. The predicted octanol–water partition coefficient (Wildman–Crippen LogP) is 1.33. The van der Waals surface area contributed by atoms with Crippen LogP contribution in [0.25, 0.3) is 11.3 Å². The van der Waals surface area contributed by atoms with E-state index in [0.717, 1.165) is 5.69 Å². The number of hydrogen-bond acceptors (Lipinski definition) is 2. The maximum atomic E-state index is 11.3. The van der Waals surface area contributed by atoms with Crippen molar-refractivity contribution in [3.8, 4) is 11.3 Å². The molecule has 0 aliphatic carbocycles. The van der Waals surface area contributed by atoms with Gasteiger partial charge in [0.15, 0.2) is 0 Å². The number of rotatable bonds is 2. The number of aromatic nitrogens is 1. The fraction of sp³-hybridized carbons (Fsp3) is 0. The van der Waals surface area contributed by atoms with E-state index in [2.05, 4.69) is 4.98 Å². The van der Waals surface area contributed by atoms with Crippen molar-refractivity contribution in [2.24, 2.45) is 5.14 Å². The van der Waals surface area contributed by atoms with Crippen LogP contribution in [0, 0.1) is 0 Å². The van der Waals surface area contributed by atoms with Crippen molar-refractivity contribution in [3.05, 3.63) is 42.6 Å². The Morgan fingerprint density at radius 2 is 1.80 bits per heavy atom. The summed E-state index contributed by atoms with van der Waals surface area (Å²) in [4.78, 5) is 3.08. The van der Waals surface area contributed by atoms with Crippen LogP contribution in [-0.2, 0) is 10.0 Å². The van der Waals surface area contributed by atoms with E-state index in [0.29, 0.717) is 5.56 Å². The Hall–Kier alpha value is -1.59. The number of primary sulfonamides is 1. The number of hydrogen-bond donors (Lipinski definition) is 2. The van der Waals surface area contributed by atoms with Gasteiger partial charge >= 0.3 is 0 Å². The van der Waals surface area contributed by atoms with Gasteiger partial charge in [-0.05, 0) is 18.2 Å². The molecule has 0 spiro atoms. The van der Waals surface area contributed by atoms with Gasteiger partial charge in [-0.1, -0.05) is 18.2 Å². The average molecular weight is 222 g/mol. The molecule has 1 aromatic carbocycles. The van der Waals surface area contributed by atoms with E-state index in [1.54, 1.807) is 36.5 Å². The zero-order chi connectivity index (χ0) is 10.9. The first-order chi connectivity index (χ1) is 7.09. The summed E-state index contributed by atoms with van der Waals surface area (Å²) >= 11 is 0. The van der Waals surface area contributed by atoms with Crippen LogP contribution in [0.5, 0.6) is 0 Å². The third kappa shape index (κ3) is 1.93. The van der Waals surface area contributed by atoms with E-state index < -0.39 is 10.0 Å². The van der Waals surface area contributed by atoms with Crippen LogP contribution < -0.4 is 5.14 Å². The molecule has 0 bridgehead atoms. The van der Waals surface area contributed by atoms with E-state index in [9.17, 15) is 8.42 Å². The Morgan fingerprint density at radius 3 is 2.40 bits per heavy atom. The smallest absolute Gasteiger partial charge is 0.238 e. The summed E-state index contributed by atoms with van der Waals surface area (Å²) in [7, 11) is -3.68. The minimum absolute atomic E-state index is 0.132. The number of nitrogens with one attached hydrogen (secondary N) is 1. The minimum Gasteiger partial charge on any atom is -0.361 e. The molecule has 0 saturated heterocycles. The van der Waals surface area contributed by atoms with Gasteiger partial charge in [0.2, 0.25) is 10.0 Å². The fourth-order valence-corrected chi connectivity index (χ4v) is 2.19. The van der Waals surface area contributed by atoms with E-state index in [4.69, 9.17) is 5.14 Å². The number of benzene rings is 1.